The zero-order valence-electron chi connectivity index (χ0n) is 10.9. The summed E-state index contributed by atoms with van der Waals surface area (Å²) in [5, 5.41) is 10.8. The Labute approximate surface area is 117 Å². The van der Waals surface area contributed by atoms with Crippen molar-refractivity contribution in [2.45, 2.75) is 12.3 Å². The van der Waals surface area contributed by atoms with Crippen LogP contribution in [0.1, 0.15) is 28.3 Å². The van der Waals surface area contributed by atoms with Crippen LogP contribution >= 0.6 is 0 Å². The minimum Gasteiger partial charge on any atom is -0.294 e. The van der Waals surface area contributed by atoms with Gasteiger partial charge in [-0.15, -0.1) is 0 Å². The molecule has 20 heavy (non-hydrogen) atoms. The molecule has 2 aromatic rings. The maximum absolute atomic E-state index is 12.2. The molecule has 2 aromatic carbocycles. The van der Waals surface area contributed by atoms with Gasteiger partial charge in [-0.05, 0) is 5.56 Å². The van der Waals surface area contributed by atoms with Gasteiger partial charge in [-0.25, -0.2) is 0 Å². The van der Waals surface area contributed by atoms with Crippen molar-refractivity contribution in [3.63, 3.8) is 0 Å². The zero-order valence-corrected chi connectivity index (χ0v) is 10.9. The summed E-state index contributed by atoms with van der Waals surface area (Å²) in [6.07, 6.45) is 0.148. The van der Waals surface area contributed by atoms with Crippen molar-refractivity contribution in [1.29, 1.82) is 0 Å². The summed E-state index contributed by atoms with van der Waals surface area (Å²) in [4.78, 5) is 22.6. The third-order valence-corrected chi connectivity index (χ3v) is 3.17. The molecule has 0 saturated carbocycles. The standard InChI is InChI=1S/C16H15NO3/c18-16(14-9-5-2-6-10-14)11-15(12-17(19)20)13-7-3-1-4-8-13/h1-10,15H,11-12H2/t15-/m1/s1. The molecule has 0 saturated heterocycles. The van der Waals surface area contributed by atoms with Crippen molar-refractivity contribution in [3.05, 3.63) is 81.9 Å². The van der Waals surface area contributed by atoms with Crippen LogP contribution in [-0.2, 0) is 0 Å². The number of nitro groups is 1. The van der Waals surface area contributed by atoms with Crippen molar-refractivity contribution in [2.24, 2.45) is 0 Å². The first-order chi connectivity index (χ1) is 9.66. The Kier molecular flexibility index (Phi) is 4.60. The van der Waals surface area contributed by atoms with E-state index in [0.29, 0.717) is 5.56 Å². The number of Topliss-reactive ketones (excluding diaryl/α,β-unsaturated/α-hetero) is 1. The Bertz CT molecular complexity index is 581. The van der Waals surface area contributed by atoms with Gasteiger partial charge in [0.25, 0.3) is 0 Å². The summed E-state index contributed by atoms with van der Waals surface area (Å²) in [7, 11) is 0. The molecule has 1 atom stereocenters. The van der Waals surface area contributed by atoms with Crippen molar-refractivity contribution in [1.82, 2.24) is 0 Å². The molecule has 0 aliphatic rings. The molecule has 0 amide bonds. The van der Waals surface area contributed by atoms with E-state index < -0.39 is 0 Å². The van der Waals surface area contributed by atoms with Gasteiger partial charge in [0.1, 0.15) is 0 Å². The number of carbonyl (C=O) groups is 1. The molecular weight excluding hydrogens is 254 g/mol. The Balaban J connectivity index is 2.16. The minimum absolute atomic E-state index is 0.0682. The van der Waals surface area contributed by atoms with Gasteiger partial charge in [0.05, 0.1) is 5.92 Å². The van der Waals surface area contributed by atoms with Crippen molar-refractivity contribution in [2.75, 3.05) is 6.54 Å². The smallest absolute Gasteiger partial charge is 0.211 e. The van der Waals surface area contributed by atoms with Crippen LogP contribution in [0.15, 0.2) is 60.7 Å². The predicted octanol–water partition coefficient (Wildman–Crippen LogP) is 3.32. The van der Waals surface area contributed by atoms with E-state index in [0.717, 1.165) is 5.56 Å². The van der Waals surface area contributed by atoms with Crippen LogP contribution in [-0.4, -0.2) is 17.3 Å². The molecule has 0 bridgehead atoms. The topological polar surface area (TPSA) is 60.2 Å². The average Bonchev–Trinajstić information content (AvgIpc) is 2.48. The number of nitrogens with zero attached hydrogens (tertiary/aromatic N) is 1. The van der Waals surface area contributed by atoms with E-state index >= 15 is 0 Å². The fourth-order valence-corrected chi connectivity index (χ4v) is 2.16. The molecule has 2 rings (SSSR count). The monoisotopic (exact) mass is 269 g/mol. The lowest BCUT2D eigenvalue weighted by molar-refractivity contribution is -0.483. The molecule has 0 aromatic heterocycles. The largest absolute Gasteiger partial charge is 0.294 e. The number of hydrogen-bond donors (Lipinski definition) is 0. The van der Waals surface area contributed by atoms with Gasteiger partial charge in [0, 0.05) is 16.9 Å². The number of ketones is 1. The fourth-order valence-electron chi connectivity index (χ4n) is 2.16. The van der Waals surface area contributed by atoms with Crippen LogP contribution in [0.2, 0.25) is 0 Å². The normalized spacial score (nSPS) is 11.8. The summed E-state index contributed by atoms with van der Waals surface area (Å²) < 4.78 is 0. The van der Waals surface area contributed by atoms with E-state index in [-0.39, 0.29) is 29.6 Å². The van der Waals surface area contributed by atoms with Gasteiger partial charge in [-0.3, -0.25) is 14.9 Å². The number of carbonyl (C=O) groups excluding carboxylic acids is 1. The zero-order chi connectivity index (χ0) is 14.4. The van der Waals surface area contributed by atoms with E-state index in [1.54, 1.807) is 24.3 Å². The van der Waals surface area contributed by atoms with Gasteiger partial charge in [0.2, 0.25) is 6.54 Å². The SMILES string of the molecule is O=C(C[C@H](C[N+](=O)[O-])c1ccccc1)c1ccccc1. The van der Waals surface area contributed by atoms with Gasteiger partial charge < -0.3 is 0 Å². The maximum Gasteiger partial charge on any atom is 0.211 e. The second-order valence-corrected chi connectivity index (χ2v) is 4.62. The highest BCUT2D eigenvalue weighted by Crippen LogP contribution is 2.22. The highest BCUT2D eigenvalue weighted by atomic mass is 16.6. The van der Waals surface area contributed by atoms with Crippen molar-refractivity contribution in [3.8, 4) is 0 Å². The lowest BCUT2D eigenvalue weighted by atomic mass is 9.91. The molecule has 0 aliphatic carbocycles. The molecular formula is C16H15NO3. The van der Waals surface area contributed by atoms with Crippen molar-refractivity contribution < 1.29 is 9.72 Å². The predicted molar refractivity (Wildman–Crippen MR) is 76.4 cm³/mol. The van der Waals surface area contributed by atoms with E-state index in [2.05, 4.69) is 0 Å². The molecule has 0 unspecified atom stereocenters. The molecule has 0 N–H and O–H groups in total. The Morgan fingerprint density at radius 2 is 1.55 bits per heavy atom. The van der Waals surface area contributed by atoms with Gasteiger partial charge in [-0.1, -0.05) is 60.7 Å². The third kappa shape index (κ3) is 3.75. The van der Waals surface area contributed by atoms with E-state index in [1.165, 1.54) is 0 Å². The van der Waals surface area contributed by atoms with Crippen LogP contribution in [0, 0.1) is 10.1 Å². The molecule has 0 radical (unpaired) electrons. The molecule has 102 valence electrons. The van der Waals surface area contributed by atoms with Crippen molar-refractivity contribution >= 4 is 5.78 Å². The Morgan fingerprint density at radius 1 is 1.00 bits per heavy atom. The first-order valence-corrected chi connectivity index (χ1v) is 6.42. The van der Waals surface area contributed by atoms with Gasteiger partial charge in [-0.2, -0.15) is 0 Å². The summed E-state index contributed by atoms with van der Waals surface area (Å²) in [6.45, 7) is -0.234. The summed E-state index contributed by atoms with van der Waals surface area (Å²) in [5.41, 5.74) is 1.42. The first kappa shape index (κ1) is 13.9. The second kappa shape index (κ2) is 6.61. The Morgan fingerprint density at radius 3 is 2.10 bits per heavy atom. The van der Waals surface area contributed by atoms with E-state index in [1.807, 2.05) is 36.4 Å². The summed E-state index contributed by atoms with van der Waals surface area (Å²) >= 11 is 0. The van der Waals surface area contributed by atoms with Gasteiger partial charge >= 0.3 is 0 Å². The molecule has 4 nitrogen and oxygen atoms in total. The first-order valence-electron chi connectivity index (χ1n) is 6.42. The molecule has 0 heterocycles. The molecule has 0 fully saturated rings. The summed E-state index contributed by atoms with van der Waals surface area (Å²) in [5.74, 6) is -0.458. The number of rotatable bonds is 6. The quantitative estimate of drug-likeness (QED) is 0.459. The lowest BCUT2D eigenvalue weighted by Gasteiger charge is -2.12. The van der Waals surface area contributed by atoms with Crippen LogP contribution in [0.5, 0.6) is 0 Å². The van der Waals surface area contributed by atoms with Crippen LogP contribution in [0.4, 0.5) is 0 Å². The van der Waals surface area contributed by atoms with Gasteiger partial charge in [0.15, 0.2) is 5.78 Å². The lowest BCUT2D eigenvalue weighted by Crippen LogP contribution is -2.16. The molecule has 0 spiro atoms. The van der Waals surface area contributed by atoms with E-state index in [4.69, 9.17) is 0 Å². The minimum atomic E-state index is -0.390. The average molecular weight is 269 g/mol. The Hall–Kier alpha value is -2.49. The molecule has 0 aliphatic heterocycles. The third-order valence-electron chi connectivity index (χ3n) is 3.17. The highest BCUT2D eigenvalue weighted by Gasteiger charge is 2.21. The second-order valence-electron chi connectivity index (χ2n) is 4.62. The van der Waals surface area contributed by atoms with E-state index in [9.17, 15) is 14.9 Å². The highest BCUT2D eigenvalue weighted by molar-refractivity contribution is 5.96. The summed E-state index contributed by atoms with van der Waals surface area (Å²) in [6, 6.07) is 18.0. The fraction of sp³-hybridized carbons (Fsp3) is 0.188. The number of hydrogen-bond acceptors (Lipinski definition) is 3. The van der Waals surface area contributed by atoms with Crippen LogP contribution < -0.4 is 0 Å². The number of benzene rings is 2. The molecule has 4 heteroatoms. The van der Waals surface area contributed by atoms with Crippen LogP contribution in [0.25, 0.3) is 0 Å². The maximum atomic E-state index is 12.2. The van der Waals surface area contributed by atoms with Crippen LogP contribution in [0.3, 0.4) is 0 Å².